The molecular weight excluding hydrogens is 485 g/mol. The van der Waals surface area contributed by atoms with Gasteiger partial charge in [-0.15, -0.1) is 13.2 Å². The summed E-state index contributed by atoms with van der Waals surface area (Å²) in [5.74, 6) is -3.06. The molecule has 0 aliphatic carbocycles. The average molecular weight is 504 g/mol. The van der Waals surface area contributed by atoms with Crippen molar-refractivity contribution in [2.24, 2.45) is 5.92 Å². The maximum atomic E-state index is 12.9. The Morgan fingerprint density at radius 2 is 1.68 bits per heavy atom. The number of ether oxygens (including phenoxy) is 3. The van der Waals surface area contributed by atoms with Crippen LogP contribution in [0.3, 0.4) is 0 Å². The fourth-order valence-electron chi connectivity index (χ4n) is 3.23. The Morgan fingerprint density at radius 1 is 1.15 bits per heavy atom. The zero-order chi connectivity index (χ0) is 25.1. The van der Waals surface area contributed by atoms with Crippen LogP contribution in [0.25, 0.3) is 0 Å². The second kappa shape index (κ2) is 9.77. The molecule has 0 spiro atoms. The van der Waals surface area contributed by atoms with Crippen molar-refractivity contribution in [3.05, 3.63) is 48.5 Å². The van der Waals surface area contributed by atoms with Crippen molar-refractivity contribution < 1.29 is 50.6 Å². The summed E-state index contributed by atoms with van der Waals surface area (Å²) in [5.41, 5.74) is 1.42. The van der Waals surface area contributed by atoms with E-state index in [-0.39, 0.29) is 23.0 Å². The lowest BCUT2D eigenvalue weighted by Crippen LogP contribution is -2.46. The molecule has 2 amide bonds. The number of halogens is 3. The number of sulfone groups is 1. The van der Waals surface area contributed by atoms with Gasteiger partial charge in [-0.05, 0) is 48.5 Å². The number of carbonyl (C=O) groups excluding carboxylic acids is 2. The standard InChI is InChI=1S/C20H19F3N2O8S/c1-25-17(10-31-19(25)27)16(18(26)24-28)11-34(29,30)15-8-6-13(7-9-15)32-12-2-4-14(5-3-12)33-20(21,22)23/h2-9,16-17,28H,10-11H2,1H3,(H,24,26)/t16?,17-/m1/s1. The first-order valence-electron chi connectivity index (χ1n) is 9.59. The van der Waals surface area contributed by atoms with E-state index < -0.39 is 51.7 Å². The zero-order valence-electron chi connectivity index (χ0n) is 17.5. The number of hydroxylamine groups is 1. The third kappa shape index (κ3) is 6.08. The minimum Gasteiger partial charge on any atom is -0.457 e. The number of alkyl halides is 3. The molecule has 1 aliphatic rings. The minimum atomic E-state index is -4.82. The topological polar surface area (TPSA) is 131 Å². The minimum absolute atomic E-state index is 0.155. The molecule has 10 nitrogen and oxygen atoms in total. The molecule has 0 radical (unpaired) electrons. The van der Waals surface area contributed by atoms with Gasteiger partial charge in [0, 0.05) is 7.05 Å². The molecule has 2 N–H and O–H groups in total. The highest BCUT2D eigenvalue weighted by Crippen LogP contribution is 2.29. The van der Waals surface area contributed by atoms with Crippen LogP contribution in [0.2, 0.25) is 0 Å². The van der Waals surface area contributed by atoms with E-state index in [2.05, 4.69) is 4.74 Å². The Morgan fingerprint density at radius 3 is 2.15 bits per heavy atom. The zero-order valence-corrected chi connectivity index (χ0v) is 18.3. The number of nitrogens with zero attached hydrogens (tertiary/aromatic N) is 1. The molecule has 0 bridgehead atoms. The van der Waals surface area contributed by atoms with Crippen LogP contribution >= 0.6 is 0 Å². The second-order valence-electron chi connectivity index (χ2n) is 7.21. The molecule has 2 atom stereocenters. The van der Waals surface area contributed by atoms with Crippen LogP contribution in [0.5, 0.6) is 17.2 Å². The highest BCUT2D eigenvalue weighted by molar-refractivity contribution is 7.91. The van der Waals surface area contributed by atoms with Gasteiger partial charge in [0.05, 0.1) is 22.6 Å². The van der Waals surface area contributed by atoms with Gasteiger partial charge in [-0.2, -0.15) is 0 Å². The van der Waals surface area contributed by atoms with Gasteiger partial charge in [-0.25, -0.2) is 18.7 Å². The van der Waals surface area contributed by atoms with Crippen LogP contribution in [0.15, 0.2) is 53.4 Å². The lowest BCUT2D eigenvalue weighted by atomic mass is 10.0. The maximum Gasteiger partial charge on any atom is 0.573 e. The number of hydrogen-bond acceptors (Lipinski definition) is 8. The molecule has 184 valence electrons. The first-order valence-corrected chi connectivity index (χ1v) is 11.2. The first kappa shape index (κ1) is 25.1. The SMILES string of the molecule is CN1C(=O)OC[C@@H]1C(CS(=O)(=O)c1ccc(Oc2ccc(OC(F)(F)F)cc2)cc1)C(=O)NO. The first-order chi connectivity index (χ1) is 15.9. The van der Waals surface area contributed by atoms with Gasteiger partial charge >= 0.3 is 12.5 Å². The predicted molar refractivity (Wildman–Crippen MR) is 108 cm³/mol. The molecule has 34 heavy (non-hydrogen) atoms. The van der Waals surface area contributed by atoms with Crippen molar-refractivity contribution in [2.45, 2.75) is 17.3 Å². The van der Waals surface area contributed by atoms with Gasteiger partial charge in [-0.1, -0.05) is 0 Å². The number of likely N-dealkylation sites (N-methyl/N-ethyl adjacent to an activating group) is 1. The molecule has 3 rings (SSSR count). The molecule has 14 heteroatoms. The van der Waals surface area contributed by atoms with E-state index >= 15 is 0 Å². The summed E-state index contributed by atoms with van der Waals surface area (Å²) in [5, 5.41) is 9.02. The number of nitrogens with one attached hydrogen (secondary N) is 1. The second-order valence-corrected chi connectivity index (χ2v) is 9.25. The van der Waals surface area contributed by atoms with E-state index in [1.165, 1.54) is 48.9 Å². The molecule has 2 aromatic carbocycles. The van der Waals surface area contributed by atoms with E-state index in [1.54, 1.807) is 0 Å². The van der Waals surface area contributed by atoms with Crippen molar-refractivity contribution in [1.82, 2.24) is 10.4 Å². The number of rotatable bonds is 8. The Kier molecular flexibility index (Phi) is 7.21. The number of hydrogen-bond donors (Lipinski definition) is 2. The van der Waals surface area contributed by atoms with E-state index in [0.29, 0.717) is 0 Å². The summed E-state index contributed by atoms with van der Waals surface area (Å²) in [6, 6.07) is 8.78. The van der Waals surface area contributed by atoms with Gasteiger partial charge < -0.3 is 19.1 Å². The normalized spacial score (nSPS) is 17.1. The number of benzene rings is 2. The van der Waals surface area contributed by atoms with Gasteiger partial charge in [0.1, 0.15) is 23.9 Å². The van der Waals surface area contributed by atoms with Gasteiger partial charge in [0.25, 0.3) is 0 Å². The van der Waals surface area contributed by atoms with Gasteiger partial charge in [0.2, 0.25) is 5.91 Å². The van der Waals surface area contributed by atoms with E-state index in [0.717, 1.165) is 17.0 Å². The molecule has 0 aromatic heterocycles. The lowest BCUT2D eigenvalue weighted by Gasteiger charge is -2.24. The third-order valence-corrected chi connectivity index (χ3v) is 6.74. The van der Waals surface area contributed by atoms with E-state index in [1.807, 2.05) is 0 Å². The van der Waals surface area contributed by atoms with Crippen molar-refractivity contribution >= 4 is 21.8 Å². The van der Waals surface area contributed by atoms with Gasteiger partial charge in [-0.3, -0.25) is 10.0 Å². The summed E-state index contributed by atoms with van der Waals surface area (Å²) in [6.07, 6.45) is -5.55. The molecule has 1 aliphatic heterocycles. The molecule has 1 fully saturated rings. The molecule has 0 saturated carbocycles. The summed E-state index contributed by atoms with van der Waals surface area (Å²) >= 11 is 0. The Hall–Kier alpha value is -3.52. The third-order valence-electron chi connectivity index (χ3n) is 4.95. The summed E-state index contributed by atoms with van der Waals surface area (Å²) in [4.78, 5) is 24.6. The van der Waals surface area contributed by atoms with E-state index in [4.69, 9.17) is 14.7 Å². The number of amides is 2. The molecule has 2 aromatic rings. The maximum absolute atomic E-state index is 12.9. The van der Waals surface area contributed by atoms with Crippen molar-refractivity contribution in [2.75, 3.05) is 19.4 Å². The van der Waals surface area contributed by atoms with Crippen molar-refractivity contribution in [1.29, 1.82) is 0 Å². The van der Waals surface area contributed by atoms with Gasteiger partial charge in [0.15, 0.2) is 9.84 Å². The highest BCUT2D eigenvalue weighted by Gasteiger charge is 2.42. The van der Waals surface area contributed by atoms with Crippen LogP contribution in [-0.4, -0.2) is 62.3 Å². The number of carbonyl (C=O) groups is 2. The predicted octanol–water partition coefficient (Wildman–Crippen LogP) is 2.72. The van der Waals surface area contributed by atoms with Crippen molar-refractivity contribution in [3.8, 4) is 17.2 Å². The highest BCUT2D eigenvalue weighted by atomic mass is 32.2. The summed E-state index contributed by atoms with van der Waals surface area (Å²) in [6.45, 7) is -0.220. The molecule has 1 saturated heterocycles. The average Bonchev–Trinajstić information content (AvgIpc) is 3.10. The van der Waals surface area contributed by atoms with Crippen LogP contribution < -0.4 is 15.0 Å². The fraction of sp³-hybridized carbons (Fsp3) is 0.300. The molecule has 1 unspecified atom stereocenters. The van der Waals surface area contributed by atoms with Crippen molar-refractivity contribution in [3.63, 3.8) is 0 Å². The monoisotopic (exact) mass is 504 g/mol. The molecular formula is C20H19F3N2O8S. The summed E-state index contributed by atoms with van der Waals surface area (Å²) in [7, 11) is -2.70. The summed E-state index contributed by atoms with van der Waals surface area (Å²) < 4.78 is 76.5. The largest absolute Gasteiger partial charge is 0.573 e. The fourth-order valence-corrected chi connectivity index (χ4v) is 4.82. The van der Waals surface area contributed by atoms with Crippen LogP contribution in [0.4, 0.5) is 18.0 Å². The molecule has 1 heterocycles. The van der Waals surface area contributed by atoms with Crippen LogP contribution in [0, 0.1) is 5.92 Å². The van der Waals surface area contributed by atoms with Crippen LogP contribution in [-0.2, 0) is 19.4 Å². The quantitative estimate of drug-likeness (QED) is 0.415. The van der Waals surface area contributed by atoms with Crippen LogP contribution in [0.1, 0.15) is 0 Å². The van der Waals surface area contributed by atoms with E-state index in [9.17, 15) is 31.2 Å². The lowest BCUT2D eigenvalue weighted by molar-refractivity contribution is -0.274. The smallest absolute Gasteiger partial charge is 0.457 e. The number of cyclic esters (lactones) is 1. The Balaban J connectivity index is 1.71. The Bertz CT molecular complexity index is 1140. The Labute approximate surface area is 191 Å².